The maximum atomic E-state index is 11.4. The van der Waals surface area contributed by atoms with Gasteiger partial charge in [-0.25, -0.2) is 9.59 Å². The van der Waals surface area contributed by atoms with Gasteiger partial charge in [0.1, 0.15) is 0 Å². The molecule has 0 aliphatic heterocycles. The van der Waals surface area contributed by atoms with E-state index in [1.54, 1.807) is 0 Å². The molecule has 6 heteroatoms. The summed E-state index contributed by atoms with van der Waals surface area (Å²) in [6.07, 6.45) is -2.02. The summed E-state index contributed by atoms with van der Waals surface area (Å²) in [7, 11) is 0. The summed E-state index contributed by atoms with van der Waals surface area (Å²) >= 11 is 0. The Kier molecular flexibility index (Phi) is 1.75. The second kappa shape index (κ2) is 2.10. The van der Waals surface area contributed by atoms with Gasteiger partial charge < -0.3 is 10.8 Å². The number of hydrogen-bond donors (Lipinski definition) is 2. The maximum Gasteiger partial charge on any atom is 0.444 e. The molecule has 3 N–H and O–H groups in total. The van der Waals surface area contributed by atoms with Crippen molar-refractivity contribution in [1.82, 2.24) is 5.12 Å². The van der Waals surface area contributed by atoms with Crippen LogP contribution >= 0.6 is 0 Å². The molecule has 0 saturated heterocycles. The van der Waals surface area contributed by atoms with E-state index < -0.39 is 17.2 Å². The van der Waals surface area contributed by atoms with E-state index in [1.165, 1.54) is 0 Å². The predicted molar refractivity (Wildman–Crippen MR) is 20.6 cm³/mol. The van der Waals surface area contributed by atoms with Gasteiger partial charge >= 0.3 is 12.1 Å². The number of halogens is 1. The minimum Gasteiger partial charge on any atom is -0.463 e. The summed E-state index contributed by atoms with van der Waals surface area (Å²) in [5, 5.41) is 6.49. The monoisotopic (exact) mass is 122 g/mol. The van der Waals surface area contributed by atoms with Crippen LogP contribution in [0.2, 0.25) is 0 Å². The van der Waals surface area contributed by atoms with Crippen molar-refractivity contribution in [2.45, 2.75) is 0 Å². The summed E-state index contributed by atoms with van der Waals surface area (Å²) in [4.78, 5) is 18.9. The van der Waals surface area contributed by atoms with Gasteiger partial charge in [-0.05, 0) is 0 Å². The van der Waals surface area contributed by atoms with Crippen LogP contribution in [0.1, 0.15) is 0 Å². The second-order valence-corrected chi connectivity index (χ2v) is 0.902. The normalized spacial score (nSPS) is 8.12. The molecule has 0 rings (SSSR count). The second-order valence-electron chi connectivity index (χ2n) is 0.902. The summed E-state index contributed by atoms with van der Waals surface area (Å²) < 4.78 is 11.4. The summed E-state index contributed by atoms with van der Waals surface area (Å²) in [6.45, 7) is 0. The highest BCUT2D eigenvalue weighted by atomic mass is 19.2. The molecular formula is C2H3FN2O3. The molecule has 0 aromatic carbocycles. The van der Waals surface area contributed by atoms with Crippen LogP contribution in [-0.2, 0) is 0 Å². The van der Waals surface area contributed by atoms with Crippen molar-refractivity contribution in [3.8, 4) is 0 Å². The zero-order chi connectivity index (χ0) is 6.73. The number of carbonyl (C=O) groups excluding carboxylic acids is 1. The van der Waals surface area contributed by atoms with Crippen LogP contribution in [-0.4, -0.2) is 22.4 Å². The highest BCUT2D eigenvalue weighted by molar-refractivity contribution is 5.87. The molecule has 0 radical (unpaired) electrons. The van der Waals surface area contributed by atoms with Crippen molar-refractivity contribution < 1.29 is 19.2 Å². The Morgan fingerprint density at radius 3 is 2.00 bits per heavy atom. The van der Waals surface area contributed by atoms with Gasteiger partial charge in [0.2, 0.25) is 0 Å². The lowest BCUT2D eigenvalue weighted by Gasteiger charge is -1.97. The molecule has 46 valence electrons. The van der Waals surface area contributed by atoms with Gasteiger partial charge in [-0.15, -0.1) is 0 Å². The smallest absolute Gasteiger partial charge is 0.444 e. The SMILES string of the molecule is NC(=O)N(F)C(=O)O. The predicted octanol–water partition coefficient (Wildman–Crippen LogP) is -0.0704. The number of carboxylic acid groups (broad SMARTS) is 1. The van der Waals surface area contributed by atoms with E-state index in [4.69, 9.17) is 5.11 Å². The molecule has 0 bridgehead atoms. The Hall–Kier alpha value is -1.33. The number of amides is 3. The maximum absolute atomic E-state index is 11.4. The summed E-state index contributed by atoms with van der Waals surface area (Å²) in [5.41, 5.74) is 4.17. The third kappa shape index (κ3) is 1.41. The van der Waals surface area contributed by atoms with Crippen LogP contribution in [0.5, 0.6) is 0 Å². The zero-order valence-corrected chi connectivity index (χ0v) is 3.67. The highest BCUT2D eigenvalue weighted by Gasteiger charge is 2.15. The molecule has 3 amide bonds. The molecule has 8 heavy (non-hydrogen) atoms. The number of imide groups is 1. The Balaban J connectivity index is 3.83. The molecule has 0 fully saturated rings. The first kappa shape index (κ1) is 6.67. The first-order chi connectivity index (χ1) is 3.55. The first-order valence-corrected chi connectivity index (χ1v) is 1.54. The van der Waals surface area contributed by atoms with E-state index in [0.29, 0.717) is 0 Å². The quantitative estimate of drug-likeness (QED) is 0.441. The van der Waals surface area contributed by atoms with Crippen molar-refractivity contribution >= 4 is 12.1 Å². The van der Waals surface area contributed by atoms with Crippen LogP contribution in [0, 0.1) is 0 Å². The average Bonchev–Trinajstić information content (AvgIpc) is 1.64. The topological polar surface area (TPSA) is 83.6 Å². The van der Waals surface area contributed by atoms with Crippen LogP contribution in [0.15, 0.2) is 0 Å². The molecule has 5 nitrogen and oxygen atoms in total. The Morgan fingerprint density at radius 1 is 1.62 bits per heavy atom. The van der Waals surface area contributed by atoms with Gasteiger partial charge in [0, 0.05) is 0 Å². The molecule has 0 aliphatic carbocycles. The Bertz CT molecular complexity index is 110. The molecule has 0 aromatic rings. The van der Waals surface area contributed by atoms with E-state index in [1.807, 2.05) is 0 Å². The average molecular weight is 122 g/mol. The van der Waals surface area contributed by atoms with Gasteiger partial charge in [0.05, 0.1) is 0 Å². The molecule has 0 aliphatic rings. The molecule has 0 unspecified atom stereocenters. The number of rotatable bonds is 0. The number of nitrogens with zero attached hydrogens (tertiary/aromatic N) is 1. The third-order valence-corrected chi connectivity index (χ3v) is 0.361. The van der Waals surface area contributed by atoms with E-state index in [-0.39, 0.29) is 0 Å². The van der Waals surface area contributed by atoms with Crippen molar-refractivity contribution in [2.24, 2.45) is 5.73 Å². The van der Waals surface area contributed by atoms with Gasteiger partial charge in [0.15, 0.2) is 0 Å². The zero-order valence-electron chi connectivity index (χ0n) is 3.67. The lowest BCUT2D eigenvalue weighted by Crippen LogP contribution is -2.32. The molecule has 0 spiro atoms. The fourth-order valence-electron chi connectivity index (χ4n) is 0.0943. The minimum atomic E-state index is -2.02. The lowest BCUT2D eigenvalue weighted by atomic mass is 11.0. The van der Waals surface area contributed by atoms with Gasteiger partial charge in [-0.2, -0.15) is 0 Å². The Labute approximate surface area is 43.4 Å². The fourth-order valence-corrected chi connectivity index (χ4v) is 0.0943. The Morgan fingerprint density at radius 2 is 2.00 bits per heavy atom. The molecule has 0 atom stereocenters. The lowest BCUT2D eigenvalue weighted by molar-refractivity contribution is 0.0649. The van der Waals surface area contributed by atoms with E-state index in [2.05, 4.69) is 5.73 Å². The van der Waals surface area contributed by atoms with E-state index >= 15 is 0 Å². The van der Waals surface area contributed by atoms with Crippen LogP contribution < -0.4 is 5.73 Å². The van der Waals surface area contributed by atoms with Crippen molar-refractivity contribution in [3.63, 3.8) is 0 Å². The summed E-state index contributed by atoms with van der Waals surface area (Å²) in [5.74, 6) is 0. The number of hydrogen-bond acceptors (Lipinski definition) is 2. The van der Waals surface area contributed by atoms with Crippen LogP contribution in [0.4, 0.5) is 14.1 Å². The number of carbonyl (C=O) groups is 2. The standard InChI is InChI=1S/C2H3FN2O3/c3-5(1(4)6)2(7)8/h(H2,4,6)(H,7,8). The van der Waals surface area contributed by atoms with Crippen molar-refractivity contribution in [3.05, 3.63) is 0 Å². The number of nitrogens with two attached hydrogens (primary N) is 1. The summed E-state index contributed by atoms with van der Waals surface area (Å²) in [6, 6.07) is -1.64. The van der Waals surface area contributed by atoms with E-state index in [0.717, 1.165) is 0 Å². The third-order valence-electron chi connectivity index (χ3n) is 0.361. The van der Waals surface area contributed by atoms with Gasteiger partial charge in [0.25, 0.3) is 0 Å². The fraction of sp³-hybridized carbons (Fsp3) is 0. The number of primary amides is 1. The van der Waals surface area contributed by atoms with Crippen LogP contribution in [0.25, 0.3) is 0 Å². The molecule has 0 aromatic heterocycles. The molecule has 0 saturated carbocycles. The van der Waals surface area contributed by atoms with E-state index in [9.17, 15) is 14.1 Å². The largest absolute Gasteiger partial charge is 0.463 e. The van der Waals surface area contributed by atoms with Crippen molar-refractivity contribution in [1.29, 1.82) is 0 Å². The van der Waals surface area contributed by atoms with Crippen LogP contribution in [0.3, 0.4) is 0 Å². The number of urea groups is 1. The van der Waals surface area contributed by atoms with Gasteiger partial charge in [-0.1, -0.05) is 9.60 Å². The molecular weight excluding hydrogens is 119 g/mol. The minimum absolute atomic E-state index is 1.11. The highest BCUT2D eigenvalue weighted by Crippen LogP contribution is 1.86. The van der Waals surface area contributed by atoms with Gasteiger partial charge in [-0.3, -0.25) is 0 Å². The van der Waals surface area contributed by atoms with Crippen molar-refractivity contribution in [2.75, 3.05) is 0 Å². The molecule has 0 heterocycles. The first-order valence-electron chi connectivity index (χ1n) is 1.54.